The summed E-state index contributed by atoms with van der Waals surface area (Å²) in [7, 11) is 0. The molecule has 0 radical (unpaired) electrons. The number of carbonyl (C=O) groups excluding carboxylic acids is 1. The minimum atomic E-state index is -0.234. The summed E-state index contributed by atoms with van der Waals surface area (Å²) in [6.07, 6.45) is 5.89. The van der Waals surface area contributed by atoms with E-state index in [1.54, 1.807) is 11.2 Å². The molecule has 28 heavy (non-hydrogen) atoms. The quantitative estimate of drug-likeness (QED) is 0.590. The largest absolute Gasteiger partial charge is 0.469 e. The Morgan fingerprint density at radius 1 is 1.29 bits per heavy atom. The number of furan rings is 1. The summed E-state index contributed by atoms with van der Waals surface area (Å²) < 4.78 is 16.3. The van der Waals surface area contributed by atoms with E-state index in [-0.39, 0.29) is 12.2 Å². The molecule has 1 aromatic rings. The van der Waals surface area contributed by atoms with Gasteiger partial charge >= 0.3 is 6.09 Å². The predicted molar refractivity (Wildman–Crippen MR) is 106 cm³/mol. The molecule has 0 aliphatic carbocycles. The Morgan fingerprint density at radius 3 is 2.79 bits per heavy atom. The number of nitrogens with zero attached hydrogens (tertiary/aromatic N) is 3. The number of carbonyl (C=O) groups is 1. The van der Waals surface area contributed by atoms with Gasteiger partial charge in [0.05, 0.1) is 25.5 Å². The normalized spacial score (nSPS) is 20.9. The second-order valence-corrected chi connectivity index (χ2v) is 7.08. The minimum Gasteiger partial charge on any atom is -0.469 e. The van der Waals surface area contributed by atoms with Gasteiger partial charge in [-0.05, 0) is 38.3 Å². The lowest BCUT2D eigenvalue weighted by Gasteiger charge is -2.36. The Morgan fingerprint density at radius 2 is 2.11 bits per heavy atom. The van der Waals surface area contributed by atoms with Gasteiger partial charge < -0.3 is 29.0 Å². The van der Waals surface area contributed by atoms with Crippen molar-refractivity contribution in [1.82, 2.24) is 15.1 Å². The zero-order chi connectivity index (χ0) is 19.6. The highest BCUT2D eigenvalue weighted by atomic mass is 16.6. The van der Waals surface area contributed by atoms with Crippen LogP contribution in [0.3, 0.4) is 0 Å². The summed E-state index contributed by atoms with van der Waals surface area (Å²) in [6, 6.07) is 3.88. The molecule has 1 atom stereocenters. The standard InChI is InChI=1S/C20H32N4O4/c1-2-26-20(25)24-12-10-23(11-13-24)19(21-9-8-17-7-5-15-27-17)22-16-18-6-3-4-14-28-18/h5,7,15,18H,2-4,6,8-14,16H2,1H3,(H,21,22). The molecule has 0 saturated carbocycles. The fraction of sp³-hybridized carbons (Fsp3) is 0.700. The van der Waals surface area contributed by atoms with Crippen LogP contribution in [0.2, 0.25) is 0 Å². The van der Waals surface area contributed by atoms with E-state index in [0.717, 1.165) is 57.2 Å². The van der Waals surface area contributed by atoms with Gasteiger partial charge in [-0.25, -0.2) is 4.79 Å². The van der Waals surface area contributed by atoms with Gasteiger partial charge in [0.25, 0.3) is 0 Å². The number of piperazine rings is 1. The maximum Gasteiger partial charge on any atom is 0.409 e. The van der Waals surface area contributed by atoms with E-state index in [1.807, 2.05) is 19.1 Å². The summed E-state index contributed by atoms with van der Waals surface area (Å²) in [5.74, 6) is 1.83. The van der Waals surface area contributed by atoms with Gasteiger partial charge in [-0.1, -0.05) is 0 Å². The molecule has 1 aromatic heterocycles. The number of amides is 1. The first-order valence-corrected chi connectivity index (χ1v) is 10.3. The number of nitrogens with one attached hydrogen (secondary N) is 1. The van der Waals surface area contributed by atoms with Crippen LogP contribution in [0, 0.1) is 0 Å². The van der Waals surface area contributed by atoms with Crippen molar-refractivity contribution < 1.29 is 18.7 Å². The fourth-order valence-electron chi connectivity index (χ4n) is 3.48. The van der Waals surface area contributed by atoms with Gasteiger partial charge in [0.15, 0.2) is 5.96 Å². The summed E-state index contributed by atoms with van der Waals surface area (Å²) >= 11 is 0. The fourth-order valence-corrected chi connectivity index (χ4v) is 3.48. The molecule has 3 rings (SSSR count). The van der Waals surface area contributed by atoms with Crippen LogP contribution in [-0.2, 0) is 15.9 Å². The number of aliphatic imine (C=N–C) groups is 1. The molecule has 1 N–H and O–H groups in total. The molecular weight excluding hydrogens is 360 g/mol. The van der Waals surface area contributed by atoms with Gasteiger partial charge in [-0.2, -0.15) is 0 Å². The van der Waals surface area contributed by atoms with Crippen LogP contribution in [0.1, 0.15) is 31.9 Å². The lowest BCUT2D eigenvalue weighted by atomic mass is 10.1. The van der Waals surface area contributed by atoms with Crippen LogP contribution in [0.4, 0.5) is 4.79 Å². The second kappa shape index (κ2) is 10.9. The van der Waals surface area contributed by atoms with Crippen LogP contribution < -0.4 is 5.32 Å². The van der Waals surface area contributed by atoms with Crippen molar-refractivity contribution in [2.75, 3.05) is 52.5 Å². The highest BCUT2D eigenvalue weighted by Crippen LogP contribution is 2.13. The number of hydrogen-bond acceptors (Lipinski definition) is 5. The third kappa shape index (κ3) is 6.15. The maximum absolute atomic E-state index is 11.9. The molecule has 156 valence electrons. The maximum atomic E-state index is 11.9. The first-order valence-electron chi connectivity index (χ1n) is 10.3. The summed E-state index contributed by atoms with van der Waals surface area (Å²) in [6.45, 7) is 7.22. The Hall–Kier alpha value is -2.22. The molecular formula is C20H32N4O4. The van der Waals surface area contributed by atoms with E-state index in [9.17, 15) is 4.79 Å². The van der Waals surface area contributed by atoms with Crippen molar-refractivity contribution >= 4 is 12.1 Å². The van der Waals surface area contributed by atoms with Crippen molar-refractivity contribution in [3.63, 3.8) is 0 Å². The number of ether oxygens (including phenoxy) is 2. The zero-order valence-electron chi connectivity index (χ0n) is 16.8. The third-order valence-electron chi connectivity index (χ3n) is 5.06. The summed E-state index contributed by atoms with van der Waals surface area (Å²) in [4.78, 5) is 20.7. The molecule has 2 saturated heterocycles. The molecule has 2 aliphatic heterocycles. The van der Waals surface area contributed by atoms with Gasteiger partial charge in [-0.3, -0.25) is 4.99 Å². The van der Waals surface area contributed by atoms with Gasteiger partial charge in [0.1, 0.15) is 5.76 Å². The SMILES string of the molecule is CCOC(=O)N1CCN(C(=NCC2CCCCO2)NCCc2ccco2)CC1. The predicted octanol–water partition coefficient (Wildman–Crippen LogP) is 2.11. The third-order valence-corrected chi connectivity index (χ3v) is 5.06. The molecule has 8 nitrogen and oxygen atoms in total. The summed E-state index contributed by atoms with van der Waals surface area (Å²) in [5.41, 5.74) is 0. The Bertz CT molecular complexity index is 606. The second-order valence-electron chi connectivity index (χ2n) is 7.08. The van der Waals surface area contributed by atoms with E-state index in [1.165, 1.54) is 6.42 Å². The highest BCUT2D eigenvalue weighted by molar-refractivity contribution is 5.80. The minimum absolute atomic E-state index is 0.205. The lowest BCUT2D eigenvalue weighted by Crippen LogP contribution is -2.54. The van der Waals surface area contributed by atoms with Gasteiger partial charge in [0.2, 0.25) is 0 Å². The van der Waals surface area contributed by atoms with Crippen LogP contribution in [0.25, 0.3) is 0 Å². The first-order chi connectivity index (χ1) is 13.8. The Balaban J connectivity index is 1.54. The van der Waals surface area contributed by atoms with Crippen LogP contribution in [0.15, 0.2) is 27.8 Å². The van der Waals surface area contributed by atoms with E-state index in [2.05, 4.69) is 10.2 Å². The molecule has 8 heteroatoms. The molecule has 0 spiro atoms. The van der Waals surface area contributed by atoms with Crippen molar-refractivity contribution in [3.8, 4) is 0 Å². The lowest BCUT2D eigenvalue weighted by molar-refractivity contribution is 0.0222. The smallest absolute Gasteiger partial charge is 0.409 e. The van der Waals surface area contributed by atoms with Crippen molar-refractivity contribution in [3.05, 3.63) is 24.2 Å². The average molecular weight is 393 g/mol. The van der Waals surface area contributed by atoms with Crippen molar-refractivity contribution in [1.29, 1.82) is 0 Å². The van der Waals surface area contributed by atoms with E-state index >= 15 is 0 Å². The molecule has 3 heterocycles. The number of rotatable bonds is 6. The highest BCUT2D eigenvalue weighted by Gasteiger charge is 2.24. The van der Waals surface area contributed by atoms with Gasteiger partial charge in [0, 0.05) is 45.8 Å². The van der Waals surface area contributed by atoms with Crippen LogP contribution in [0.5, 0.6) is 0 Å². The van der Waals surface area contributed by atoms with Crippen LogP contribution in [-0.4, -0.2) is 80.4 Å². The number of hydrogen-bond donors (Lipinski definition) is 1. The first kappa shape index (κ1) is 20.5. The Kier molecular flexibility index (Phi) is 8.02. The average Bonchev–Trinajstić information content (AvgIpc) is 3.25. The molecule has 2 fully saturated rings. The van der Waals surface area contributed by atoms with Gasteiger partial charge in [-0.15, -0.1) is 0 Å². The van der Waals surface area contributed by atoms with E-state index in [4.69, 9.17) is 18.9 Å². The Labute approximate surface area is 166 Å². The van der Waals surface area contributed by atoms with E-state index in [0.29, 0.717) is 26.2 Å². The zero-order valence-corrected chi connectivity index (χ0v) is 16.8. The molecule has 1 amide bonds. The number of guanidine groups is 1. The monoisotopic (exact) mass is 392 g/mol. The summed E-state index contributed by atoms with van der Waals surface area (Å²) in [5, 5.41) is 3.46. The molecule has 1 unspecified atom stereocenters. The van der Waals surface area contributed by atoms with E-state index < -0.39 is 0 Å². The topological polar surface area (TPSA) is 79.5 Å². The molecule has 2 aliphatic rings. The molecule has 0 aromatic carbocycles. The molecule has 0 bridgehead atoms. The van der Waals surface area contributed by atoms with Crippen molar-refractivity contribution in [2.45, 2.75) is 38.7 Å². The van der Waals surface area contributed by atoms with Crippen LogP contribution >= 0.6 is 0 Å². The van der Waals surface area contributed by atoms with Crippen molar-refractivity contribution in [2.24, 2.45) is 4.99 Å².